The van der Waals surface area contributed by atoms with Gasteiger partial charge in [-0.1, -0.05) is 0 Å². The minimum absolute atomic E-state index is 0.0631. The Hall–Kier alpha value is -1.79. The van der Waals surface area contributed by atoms with Crippen molar-refractivity contribution in [3.05, 3.63) is 29.6 Å². The minimum atomic E-state index is -4.51. The smallest absolute Gasteiger partial charge is 0.398 e. The third kappa shape index (κ3) is 2.12. The van der Waals surface area contributed by atoms with E-state index in [0.29, 0.717) is 0 Å². The molecule has 98 valence electrons. The summed E-state index contributed by atoms with van der Waals surface area (Å²) in [5.74, 6) is -1.74. The lowest BCUT2D eigenvalue weighted by Crippen LogP contribution is -2.48. The molecule has 1 aliphatic rings. The second-order valence-corrected chi connectivity index (χ2v) is 4.27. The van der Waals surface area contributed by atoms with Gasteiger partial charge in [-0.2, -0.15) is 13.2 Å². The summed E-state index contributed by atoms with van der Waals surface area (Å²) in [6, 6.07) is 2.98. The van der Waals surface area contributed by atoms with E-state index in [1.54, 1.807) is 0 Å². The first-order chi connectivity index (χ1) is 8.25. The Morgan fingerprint density at radius 1 is 1.33 bits per heavy atom. The Morgan fingerprint density at radius 3 is 2.44 bits per heavy atom. The molecule has 0 aliphatic heterocycles. The van der Waals surface area contributed by atoms with E-state index in [-0.39, 0.29) is 24.1 Å². The van der Waals surface area contributed by atoms with Crippen LogP contribution in [0.15, 0.2) is 18.2 Å². The summed E-state index contributed by atoms with van der Waals surface area (Å²) in [6.07, 6.45) is -4.85. The second kappa shape index (κ2) is 3.86. The highest BCUT2D eigenvalue weighted by molar-refractivity contribution is 5.99. The number of halogens is 4. The number of nitrogen functional groups attached to an aromatic ring is 1. The first-order valence-corrected chi connectivity index (χ1v) is 5.19. The predicted molar refractivity (Wildman–Crippen MR) is 56.3 cm³/mol. The second-order valence-electron chi connectivity index (χ2n) is 4.27. The molecule has 0 heterocycles. The molecule has 1 fully saturated rings. The fourth-order valence-corrected chi connectivity index (χ4v) is 1.61. The van der Waals surface area contributed by atoms with E-state index >= 15 is 0 Å². The predicted octanol–water partition coefficient (Wildman–Crippen LogP) is 2.23. The number of anilines is 1. The molecule has 7 heteroatoms. The Morgan fingerprint density at radius 2 is 1.94 bits per heavy atom. The molecule has 0 saturated heterocycles. The Kier molecular flexibility index (Phi) is 2.71. The minimum Gasteiger partial charge on any atom is -0.398 e. The summed E-state index contributed by atoms with van der Waals surface area (Å²) in [5, 5.41) is 1.88. The van der Waals surface area contributed by atoms with Crippen LogP contribution in [0.3, 0.4) is 0 Å². The van der Waals surface area contributed by atoms with Crippen molar-refractivity contribution in [1.82, 2.24) is 5.32 Å². The van der Waals surface area contributed by atoms with Gasteiger partial charge in [-0.15, -0.1) is 0 Å². The van der Waals surface area contributed by atoms with Crippen molar-refractivity contribution in [2.45, 2.75) is 24.6 Å². The molecule has 18 heavy (non-hydrogen) atoms. The van der Waals surface area contributed by atoms with Crippen molar-refractivity contribution in [2.24, 2.45) is 0 Å². The van der Waals surface area contributed by atoms with E-state index in [0.717, 1.165) is 18.2 Å². The summed E-state index contributed by atoms with van der Waals surface area (Å²) in [4.78, 5) is 11.7. The van der Waals surface area contributed by atoms with Crippen LogP contribution in [0.25, 0.3) is 0 Å². The van der Waals surface area contributed by atoms with Gasteiger partial charge in [0.15, 0.2) is 0 Å². The summed E-state index contributed by atoms with van der Waals surface area (Å²) in [6.45, 7) is 0. The van der Waals surface area contributed by atoms with Crippen LogP contribution in [0.1, 0.15) is 23.2 Å². The molecular formula is C11H10F4N2O. The van der Waals surface area contributed by atoms with Gasteiger partial charge >= 0.3 is 6.18 Å². The van der Waals surface area contributed by atoms with E-state index < -0.39 is 23.4 Å². The number of amides is 1. The molecule has 0 atom stereocenters. The molecule has 0 bridgehead atoms. The molecule has 0 spiro atoms. The number of nitrogens with one attached hydrogen (secondary N) is 1. The lowest BCUT2D eigenvalue weighted by Gasteiger charge is -2.21. The van der Waals surface area contributed by atoms with Crippen molar-refractivity contribution in [2.75, 3.05) is 5.73 Å². The first-order valence-electron chi connectivity index (χ1n) is 5.19. The Labute approximate surface area is 100.0 Å². The largest absolute Gasteiger partial charge is 0.411 e. The highest BCUT2D eigenvalue weighted by atomic mass is 19.4. The number of alkyl halides is 3. The summed E-state index contributed by atoms with van der Waals surface area (Å²) in [7, 11) is 0. The number of carbonyl (C=O) groups is 1. The zero-order valence-corrected chi connectivity index (χ0v) is 9.14. The SMILES string of the molecule is Nc1ccc(F)cc1C(=O)NC1(C(F)(F)F)CC1. The summed E-state index contributed by atoms with van der Waals surface area (Å²) in [5.41, 5.74) is 2.90. The van der Waals surface area contributed by atoms with Crippen molar-refractivity contribution in [1.29, 1.82) is 0 Å². The van der Waals surface area contributed by atoms with Crippen LogP contribution in [0.4, 0.5) is 23.2 Å². The van der Waals surface area contributed by atoms with Gasteiger partial charge in [-0.3, -0.25) is 4.79 Å². The molecule has 1 aromatic rings. The maximum Gasteiger partial charge on any atom is 0.411 e. The Bertz CT molecular complexity index is 494. The maximum atomic E-state index is 12.9. The normalized spacial score (nSPS) is 17.3. The lowest BCUT2D eigenvalue weighted by molar-refractivity contribution is -0.163. The van der Waals surface area contributed by atoms with Gasteiger partial charge in [0.1, 0.15) is 11.4 Å². The van der Waals surface area contributed by atoms with Crippen LogP contribution in [0, 0.1) is 5.82 Å². The topological polar surface area (TPSA) is 55.1 Å². The van der Waals surface area contributed by atoms with Gasteiger partial charge < -0.3 is 11.1 Å². The van der Waals surface area contributed by atoms with Gasteiger partial charge in [0.05, 0.1) is 5.56 Å². The van der Waals surface area contributed by atoms with E-state index in [1.807, 2.05) is 5.32 Å². The standard InChI is InChI=1S/C11H10F4N2O/c12-6-1-2-8(16)7(5-6)9(18)17-10(3-4-10)11(13,14)15/h1-2,5H,3-4,16H2,(H,17,18). The molecule has 3 N–H and O–H groups in total. The highest BCUT2D eigenvalue weighted by Gasteiger charge is 2.64. The third-order valence-electron chi connectivity index (χ3n) is 2.91. The van der Waals surface area contributed by atoms with E-state index in [9.17, 15) is 22.4 Å². The molecular weight excluding hydrogens is 252 g/mol. The zero-order chi connectivity index (χ0) is 13.6. The number of hydrogen-bond donors (Lipinski definition) is 2. The van der Waals surface area contributed by atoms with E-state index in [2.05, 4.69) is 0 Å². The van der Waals surface area contributed by atoms with Crippen LogP contribution in [-0.4, -0.2) is 17.6 Å². The van der Waals surface area contributed by atoms with Gasteiger partial charge in [0.25, 0.3) is 5.91 Å². The van der Waals surface area contributed by atoms with Crippen molar-refractivity contribution in [3.8, 4) is 0 Å². The molecule has 1 aromatic carbocycles. The van der Waals surface area contributed by atoms with Crippen LogP contribution in [0.5, 0.6) is 0 Å². The Balaban J connectivity index is 2.21. The molecule has 1 saturated carbocycles. The van der Waals surface area contributed by atoms with Gasteiger partial charge in [-0.05, 0) is 31.0 Å². The van der Waals surface area contributed by atoms with Gasteiger partial charge in [0, 0.05) is 5.69 Å². The molecule has 0 radical (unpaired) electrons. The van der Waals surface area contributed by atoms with E-state index in [4.69, 9.17) is 5.73 Å². The van der Waals surface area contributed by atoms with Crippen LogP contribution >= 0.6 is 0 Å². The monoisotopic (exact) mass is 262 g/mol. The quantitative estimate of drug-likeness (QED) is 0.634. The number of hydrogen-bond acceptors (Lipinski definition) is 2. The van der Waals surface area contributed by atoms with E-state index in [1.165, 1.54) is 0 Å². The zero-order valence-electron chi connectivity index (χ0n) is 9.14. The number of rotatable bonds is 2. The third-order valence-corrected chi connectivity index (χ3v) is 2.91. The molecule has 3 nitrogen and oxygen atoms in total. The molecule has 2 rings (SSSR count). The van der Waals surface area contributed by atoms with Crippen LogP contribution in [0.2, 0.25) is 0 Å². The molecule has 0 aromatic heterocycles. The summed E-state index contributed by atoms with van der Waals surface area (Å²) < 4.78 is 50.8. The van der Waals surface area contributed by atoms with Crippen molar-refractivity contribution in [3.63, 3.8) is 0 Å². The number of nitrogens with two attached hydrogens (primary N) is 1. The van der Waals surface area contributed by atoms with Gasteiger partial charge in [-0.25, -0.2) is 4.39 Å². The molecule has 0 unspecified atom stereocenters. The van der Waals surface area contributed by atoms with Crippen LogP contribution in [-0.2, 0) is 0 Å². The average Bonchev–Trinajstić information content (AvgIpc) is 3.01. The maximum absolute atomic E-state index is 12.9. The fraction of sp³-hybridized carbons (Fsp3) is 0.364. The number of benzene rings is 1. The van der Waals surface area contributed by atoms with Crippen LogP contribution < -0.4 is 11.1 Å². The lowest BCUT2D eigenvalue weighted by atomic mass is 10.1. The average molecular weight is 262 g/mol. The molecule has 1 amide bonds. The van der Waals surface area contributed by atoms with Crippen molar-refractivity contribution >= 4 is 11.6 Å². The fourth-order valence-electron chi connectivity index (χ4n) is 1.61. The van der Waals surface area contributed by atoms with Gasteiger partial charge in [0.2, 0.25) is 0 Å². The highest BCUT2D eigenvalue weighted by Crippen LogP contribution is 2.49. The summed E-state index contributed by atoms with van der Waals surface area (Å²) >= 11 is 0. The number of carbonyl (C=O) groups excluding carboxylic acids is 1. The van der Waals surface area contributed by atoms with Crippen molar-refractivity contribution < 1.29 is 22.4 Å². The molecule has 1 aliphatic carbocycles. The first kappa shape index (κ1) is 12.7.